The van der Waals surface area contributed by atoms with Gasteiger partial charge in [-0.05, 0) is 24.6 Å². The van der Waals surface area contributed by atoms with E-state index in [-0.39, 0.29) is 23.5 Å². The predicted molar refractivity (Wildman–Crippen MR) is 101 cm³/mol. The van der Waals surface area contributed by atoms with Gasteiger partial charge in [0.05, 0.1) is 37.5 Å². The third-order valence-electron chi connectivity index (χ3n) is 3.56. The number of thioether (sulfide) groups is 1. The van der Waals surface area contributed by atoms with Gasteiger partial charge in [0.2, 0.25) is 11.1 Å². The Labute approximate surface area is 161 Å². The van der Waals surface area contributed by atoms with Gasteiger partial charge in [0, 0.05) is 18.1 Å². The van der Waals surface area contributed by atoms with Gasteiger partial charge in [0.15, 0.2) is 0 Å². The van der Waals surface area contributed by atoms with Crippen molar-refractivity contribution in [2.24, 2.45) is 5.92 Å². The average Bonchev–Trinajstić information content (AvgIpc) is 2.57. The molecule has 26 heavy (non-hydrogen) atoms. The Balaban J connectivity index is 1.76. The second-order valence-electron chi connectivity index (χ2n) is 5.60. The van der Waals surface area contributed by atoms with Gasteiger partial charge in [0.25, 0.3) is 0 Å². The molecule has 0 radical (unpaired) electrons. The van der Waals surface area contributed by atoms with E-state index < -0.39 is 0 Å². The summed E-state index contributed by atoms with van der Waals surface area (Å²) in [5.74, 6) is 1.05. The molecule has 0 amide bonds. The lowest BCUT2D eigenvalue weighted by Gasteiger charge is -2.25. The lowest BCUT2D eigenvalue weighted by molar-refractivity contribution is -0.140. The van der Waals surface area contributed by atoms with E-state index in [4.69, 9.17) is 36.6 Å². The molecular weight excluding hydrogens is 380 g/mol. The SMILES string of the molecule is COC(=O)CCCSC(=N)OC(=N)c1ccc(OCC2COC2)cc1Cl. The molecule has 1 saturated heterocycles. The molecule has 142 valence electrons. The van der Waals surface area contributed by atoms with Crippen molar-refractivity contribution in [2.45, 2.75) is 12.8 Å². The van der Waals surface area contributed by atoms with Gasteiger partial charge in [-0.2, -0.15) is 0 Å². The molecule has 1 aromatic carbocycles. The van der Waals surface area contributed by atoms with E-state index in [1.54, 1.807) is 18.2 Å². The molecule has 0 spiro atoms. The first kappa shape index (κ1) is 20.5. The number of hydrogen-bond donors (Lipinski definition) is 2. The normalized spacial score (nSPS) is 13.6. The zero-order chi connectivity index (χ0) is 18.9. The molecule has 0 aliphatic carbocycles. The maximum Gasteiger partial charge on any atom is 0.305 e. The Bertz CT molecular complexity index is 667. The van der Waals surface area contributed by atoms with Crippen LogP contribution in [0.1, 0.15) is 18.4 Å². The van der Waals surface area contributed by atoms with Gasteiger partial charge >= 0.3 is 5.97 Å². The second-order valence-corrected chi connectivity index (χ2v) is 7.08. The number of hydrogen-bond acceptors (Lipinski definition) is 8. The fraction of sp³-hybridized carbons (Fsp3) is 0.471. The summed E-state index contributed by atoms with van der Waals surface area (Å²) in [6, 6.07) is 4.97. The molecule has 1 aromatic rings. The van der Waals surface area contributed by atoms with Gasteiger partial charge in [-0.3, -0.25) is 15.6 Å². The molecule has 0 bridgehead atoms. The van der Waals surface area contributed by atoms with Crippen LogP contribution in [0.4, 0.5) is 0 Å². The molecule has 0 unspecified atom stereocenters. The van der Waals surface area contributed by atoms with Gasteiger partial charge in [0.1, 0.15) is 5.75 Å². The van der Waals surface area contributed by atoms with E-state index in [0.29, 0.717) is 54.2 Å². The largest absolute Gasteiger partial charge is 0.493 e. The van der Waals surface area contributed by atoms with E-state index in [1.807, 2.05) is 0 Å². The molecule has 0 atom stereocenters. The van der Waals surface area contributed by atoms with Crippen molar-refractivity contribution in [3.05, 3.63) is 28.8 Å². The summed E-state index contributed by atoms with van der Waals surface area (Å²) < 4.78 is 20.5. The maximum absolute atomic E-state index is 11.0. The van der Waals surface area contributed by atoms with Crippen LogP contribution in [-0.2, 0) is 19.0 Å². The number of carbonyl (C=O) groups is 1. The van der Waals surface area contributed by atoms with Crippen molar-refractivity contribution in [3.63, 3.8) is 0 Å². The standard InChI is InChI=1S/C17H21ClN2O5S/c1-22-15(21)3-2-6-26-17(20)25-16(19)13-5-4-12(7-14(13)18)24-10-11-8-23-9-11/h4-5,7,11,19-20H,2-3,6,8-10H2,1H3. The van der Waals surface area contributed by atoms with E-state index in [0.717, 1.165) is 11.8 Å². The summed E-state index contributed by atoms with van der Waals surface area (Å²) >= 11 is 7.31. The third kappa shape index (κ3) is 6.51. The van der Waals surface area contributed by atoms with Gasteiger partial charge < -0.3 is 18.9 Å². The highest BCUT2D eigenvalue weighted by Crippen LogP contribution is 2.25. The topological polar surface area (TPSA) is 102 Å². The maximum atomic E-state index is 11.0. The average molecular weight is 401 g/mol. The number of carbonyl (C=O) groups excluding carboxylic acids is 1. The molecule has 9 heteroatoms. The summed E-state index contributed by atoms with van der Waals surface area (Å²) in [5.41, 5.74) is 0.380. The molecule has 2 rings (SSSR count). The molecule has 1 aliphatic heterocycles. The van der Waals surface area contributed by atoms with Crippen LogP contribution in [0.3, 0.4) is 0 Å². The highest BCUT2D eigenvalue weighted by Gasteiger charge is 2.19. The Morgan fingerprint density at radius 3 is 2.77 bits per heavy atom. The minimum absolute atomic E-state index is 0.124. The number of esters is 1. The first-order valence-electron chi connectivity index (χ1n) is 8.04. The van der Waals surface area contributed by atoms with E-state index in [2.05, 4.69) is 4.74 Å². The highest BCUT2D eigenvalue weighted by molar-refractivity contribution is 8.13. The van der Waals surface area contributed by atoms with E-state index >= 15 is 0 Å². The van der Waals surface area contributed by atoms with Crippen molar-refractivity contribution >= 4 is 40.5 Å². The van der Waals surface area contributed by atoms with Crippen LogP contribution in [0.2, 0.25) is 5.02 Å². The number of benzene rings is 1. The fourth-order valence-corrected chi connectivity index (χ4v) is 2.90. The van der Waals surface area contributed by atoms with Crippen LogP contribution < -0.4 is 4.74 Å². The summed E-state index contributed by atoms with van der Waals surface area (Å²) in [7, 11) is 1.34. The van der Waals surface area contributed by atoms with Crippen molar-refractivity contribution in [3.8, 4) is 5.75 Å². The fourth-order valence-electron chi connectivity index (χ4n) is 2.03. The molecule has 0 saturated carbocycles. The third-order valence-corrected chi connectivity index (χ3v) is 4.71. The van der Waals surface area contributed by atoms with Gasteiger partial charge in [-0.15, -0.1) is 0 Å². The zero-order valence-electron chi connectivity index (χ0n) is 14.4. The van der Waals surface area contributed by atoms with Crippen LogP contribution >= 0.6 is 23.4 Å². The van der Waals surface area contributed by atoms with Crippen LogP contribution in [-0.4, -0.2) is 49.8 Å². The van der Waals surface area contributed by atoms with Crippen molar-refractivity contribution in [1.29, 1.82) is 10.8 Å². The van der Waals surface area contributed by atoms with E-state index in [1.165, 1.54) is 7.11 Å². The molecular formula is C17H21ClN2O5S. The summed E-state index contributed by atoms with van der Waals surface area (Å²) in [6.07, 6.45) is 0.851. The predicted octanol–water partition coefficient (Wildman–Crippen LogP) is 3.33. The molecule has 1 fully saturated rings. The number of methoxy groups -OCH3 is 1. The number of halogens is 1. The first-order valence-corrected chi connectivity index (χ1v) is 9.41. The lowest BCUT2D eigenvalue weighted by Crippen LogP contribution is -2.32. The first-order chi connectivity index (χ1) is 12.5. The summed E-state index contributed by atoms with van der Waals surface area (Å²) in [6.45, 7) is 1.99. The molecule has 7 nitrogen and oxygen atoms in total. The summed E-state index contributed by atoms with van der Waals surface area (Å²) in [4.78, 5) is 11.0. The number of rotatable bonds is 8. The van der Waals surface area contributed by atoms with Crippen LogP contribution in [0.15, 0.2) is 18.2 Å². The Kier molecular flexibility index (Phi) is 8.21. The zero-order valence-corrected chi connectivity index (χ0v) is 16.0. The monoisotopic (exact) mass is 400 g/mol. The lowest BCUT2D eigenvalue weighted by atomic mass is 10.1. The molecule has 2 N–H and O–H groups in total. The second kappa shape index (κ2) is 10.4. The Hall–Kier alpha value is -1.77. The molecule has 1 aliphatic rings. The van der Waals surface area contributed by atoms with Gasteiger partial charge in [-0.1, -0.05) is 23.4 Å². The molecule has 1 heterocycles. The van der Waals surface area contributed by atoms with Gasteiger partial charge in [-0.25, -0.2) is 0 Å². The Morgan fingerprint density at radius 1 is 1.38 bits per heavy atom. The van der Waals surface area contributed by atoms with E-state index in [9.17, 15) is 4.79 Å². The number of nitrogens with one attached hydrogen (secondary N) is 2. The van der Waals surface area contributed by atoms with Crippen molar-refractivity contribution in [2.75, 3.05) is 32.7 Å². The smallest absolute Gasteiger partial charge is 0.305 e. The van der Waals surface area contributed by atoms with Crippen LogP contribution in [0, 0.1) is 16.7 Å². The van der Waals surface area contributed by atoms with Crippen LogP contribution in [0.25, 0.3) is 0 Å². The quantitative estimate of drug-likeness (QED) is 0.300. The Morgan fingerprint density at radius 2 is 2.15 bits per heavy atom. The number of ether oxygens (including phenoxy) is 4. The minimum Gasteiger partial charge on any atom is -0.493 e. The van der Waals surface area contributed by atoms with Crippen molar-refractivity contribution < 1.29 is 23.7 Å². The van der Waals surface area contributed by atoms with Crippen molar-refractivity contribution in [1.82, 2.24) is 0 Å². The highest BCUT2D eigenvalue weighted by atomic mass is 35.5. The minimum atomic E-state index is -0.287. The van der Waals surface area contributed by atoms with Crippen LogP contribution in [0.5, 0.6) is 5.75 Å². The molecule has 0 aromatic heterocycles. The summed E-state index contributed by atoms with van der Waals surface area (Å²) in [5, 5.41) is 15.9.